The van der Waals surface area contributed by atoms with Crippen LogP contribution in [0.4, 0.5) is 5.69 Å². The van der Waals surface area contributed by atoms with Gasteiger partial charge in [-0.1, -0.05) is 54.1 Å². The van der Waals surface area contributed by atoms with Gasteiger partial charge in [0.2, 0.25) is 11.8 Å². The Kier molecular flexibility index (Phi) is 4.89. The summed E-state index contributed by atoms with van der Waals surface area (Å²) in [5.74, 6) is -1.96. The Hall–Kier alpha value is -2.96. The van der Waals surface area contributed by atoms with Gasteiger partial charge in [0.15, 0.2) is 5.78 Å². The summed E-state index contributed by atoms with van der Waals surface area (Å²) in [7, 11) is 0. The maximum Gasteiger partial charge on any atom is 0.235 e. The van der Waals surface area contributed by atoms with Gasteiger partial charge in [-0.15, -0.1) is 0 Å². The average molecular weight is 463 g/mol. The molecular weight excluding hydrogens is 440 g/mol. The van der Waals surface area contributed by atoms with Crippen LogP contribution >= 0.6 is 11.6 Å². The lowest BCUT2D eigenvalue weighted by Gasteiger charge is -2.36. The third-order valence-electron chi connectivity index (χ3n) is 7.30. The number of imide groups is 1. The molecule has 6 nitrogen and oxygen atoms in total. The number of ketones is 1. The normalized spacial score (nSPS) is 29.9. The SMILES string of the molecule is O=C(c1ccccc1)[C@@H]1[C@@H]2C(=O)N(C[C@@H]3CCCO3)C(=O)[C@H]2[C@@H]2C=Cc3cc(Cl)ccc3N12. The molecule has 2 aromatic carbocycles. The number of fused-ring (bicyclic) bond motifs is 5. The van der Waals surface area contributed by atoms with Gasteiger partial charge in [-0.3, -0.25) is 19.3 Å². The summed E-state index contributed by atoms with van der Waals surface area (Å²) >= 11 is 6.21. The quantitative estimate of drug-likeness (QED) is 0.513. The van der Waals surface area contributed by atoms with Gasteiger partial charge >= 0.3 is 0 Å². The second-order valence-electron chi connectivity index (χ2n) is 9.11. The number of nitrogens with zero attached hydrogens (tertiary/aromatic N) is 2. The van der Waals surface area contributed by atoms with Crippen LogP contribution in [0.1, 0.15) is 28.8 Å². The minimum atomic E-state index is -0.766. The van der Waals surface area contributed by atoms with E-state index in [9.17, 15) is 14.4 Å². The predicted molar refractivity (Wildman–Crippen MR) is 124 cm³/mol. The Bertz CT molecular complexity index is 1170. The fraction of sp³-hybridized carbons (Fsp3) is 0.346. The van der Waals surface area contributed by atoms with Crippen LogP contribution in [0.3, 0.4) is 0 Å². The van der Waals surface area contributed by atoms with Crippen molar-refractivity contribution in [2.24, 2.45) is 11.8 Å². The molecule has 4 aliphatic heterocycles. The fourth-order valence-electron chi connectivity index (χ4n) is 5.85. The molecule has 2 amide bonds. The molecule has 0 spiro atoms. The number of ether oxygens (including phenoxy) is 1. The summed E-state index contributed by atoms with van der Waals surface area (Å²) in [6.45, 7) is 0.918. The van der Waals surface area contributed by atoms with Crippen LogP contribution in [0.2, 0.25) is 5.02 Å². The molecule has 6 rings (SSSR count). The number of amides is 2. The van der Waals surface area contributed by atoms with Crippen molar-refractivity contribution in [3.8, 4) is 0 Å². The number of hydrogen-bond acceptors (Lipinski definition) is 5. The number of benzene rings is 2. The van der Waals surface area contributed by atoms with Gasteiger partial charge < -0.3 is 9.64 Å². The number of rotatable bonds is 4. The van der Waals surface area contributed by atoms with Crippen molar-refractivity contribution in [1.82, 2.24) is 4.90 Å². The molecule has 0 radical (unpaired) electrons. The van der Waals surface area contributed by atoms with Crippen molar-refractivity contribution in [1.29, 1.82) is 0 Å². The molecule has 0 aromatic heterocycles. The molecule has 5 atom stereocenters. The Labute approximate surface area is 196 Å². The maximum atomic E-state index is 13.8. The largest absolute Gasteiger partial charge is 0.376 e. The topological polar surface area (TPSA) is 66.9 Å². The standard InChI is InChI=1S/C26H23ClN2O4/c27-17-9-11-19-16(13-17)8-10-20-21-22(23(29(19)20)24(30)15-5-2-1-3-6-15)26(32)28(25(21)31)14-18-7-4-12-33-18/h1-3,5-6,8-11,13,18,20-23H,4,7,12,14H2/t18-,20-,21-,22+,23-/m0/s1. The second-order valence-corrected chi connectivity index (χ2v) is 9.55. The van der Waals surface area contributed by atoms with E-state index < -0.39 is 17.9 Å². The number of carbonyl (C=O) groups excluding carboxylic acids is 3. The average Bonchev–Trinajstić information content (AvgIpc) is 3.52. The van der Waals surface area contributed by atoms with E-state index in [4.69, 9.17) is 16.3 Å². The molecule has 33 heavy (non-hydrogen) atoms. The van der Waals surface area contributed by atoms with Crippen molar-refractivity contribution in [2.75, 3.05) is 18.1 Å². The van der Waals surface area contributed by atoms with E-state index in [2.05, 4.69) is 0 Å². The molecule has 168 valence electrons. The van der Waals surface area contributed by atoms with Crippen LogP contribution in [0.25, 0.3) is 6.08 Å². The summed E-state index contributed by atoms with van der Waals surface area (Å²) < 4.78 is 5.69. The number of carbonyl (C=O) groups is 3. The zero-order valence-electron chi connectivity index (χ0n) is 17.9. The Morgan fingerprint density at radius 2 is 1.85 bits per heavy atom. The van der Waals surface area contributed by atoms with Gasteiger partial charge in [-0.2, -0.15) is 0 Å². The zero-order valence-corrected chi connectivity index (χ0v) is 18.6. The first-order chi connectivity index (χ1) is 16.0. The van der Waals surface area contributed by atoms with Crippen molar-refractivity contribution in [3.05, 3.63) is 70.8 Å². The first-order valence-electron chi connectivity index (χ1n) is 11.4. The van der Waals surface area contributed by atoms with Gasteiger partial charge in [0.25, 0.3) is 0 Å². The molecule has 4 heterocycles. The van der Waals surface area contributed by atoms with Gasteiger partial charge in [0, 0.05) is 22.9 Å². The van der Waals surface area contributed by atoms with Crippen LogP contribution in [0.15, 0.2) is 54.6 Å². The van der Waals surface area contributed by atoms with Gasteiger partial charge in [0.1, 0.15) is 6.04 Å². The lowest BCUT2D eigenvalue weighted by Crippen LogP contribution is -2.49. The number of Topliss-reactive ketones (excluding diaryl/α,β-unsaturated/α-hetero) is 1. The number of hydrogen-bond donors (Lipinski definition) is 0. The summed E-state index contributed by atoms with van der Waals surface area (Å²) in [6.07, 6.45) is 5.52. The molecule has 2 aromatic rings. The van der Waals surface area contributed by atoms with Crippen LogP contribution in [0, 0.1) is 11.8 Å². The number of anilines is 1. The highest BCUT2D eigenvalue weighted by Gasteiger charge is 2.64. The van der Waals surface area contributed by atoms with E-state index in [0.717, 1.165) is 24.1 Å². The van der Waals surface area contributed by atoms with E-state index in [1.807, 2.05) is 47.4 Å². The number of likely N-dealkylation sites (tertiary alicyclic amines) is 1. The molecule has 4 aliphatic rings. The van der Waals surface area contributed by atoms with Crippen LogP contribution in [-0.4, -0.2) is 53.8 Å². The molecule has 3 saturated heterocycles. The van der Waals surface area contributed by atoms with Crippen molar-refractivity contribution in [2.45, 2.75) is 31.0 Å². The van der Waals surface area contributed by atoms with Gasteiger partial charge in [0.05, 0.1) is 30.5 Å². The monoisotopic (exact) mass is 462 g/mol. The summed E-state index contributed by atoms with van der Waals surface area (Å²) in [4.78, 5) is 44.4. The maximum absolute atomic E-state index is 13.8. The van der Waals surface area contributed by atoms with Crippen LogP contribution < -0.4 is 4.90 Å². The van der Waals surface area contributed by atoms with Gasteiger partial charge in [-0.05, 0) is 36.6 Å². The third-order valence-corrected chi connectivity index (χ3v) is 7.53. The highest BCUT2D eigenvalue weighted by molar-refractivity contribution is 6.30. The smallest absolute Gasteiger partial charge is 0.235 e. The molecule has 0 bridgehead atoms. The minimum Gasteiger partial charge on any atom is -0.376 e. The zero-order chi connectivity index (χ0) is 22.7. The lowest BCUT2D eigenvalue weighted by atomic mass is 9.86. The van der Waals surface area contributed by atoms with E-state index in [0.29, 0.717) is 17.2 Å². The molecular formula is C26H23ClN2O4. The molecule has 7 heteroatoms. The Morgan fingerprint density at radius 3 is 2.61 bits per heavy atom. The Balaban J connectivity index is 1.44. The highest BCUT2D eigenvalue weighted by atomic mass is 35.5. The van der Waals surface area contributed by atoms with E-state index in [1.165, 1.54) is 4.90 Å². The molecule has 0 unspecified atom stereocenters. The first-order valence-corrected chi connectivity index (χ1v) is 11.7. The molecule has 0 aliphatic carbocycles. The van der Waals surface area contributed by atoms with E-state index in [1.54, 1.807) is 18.2 Å². The van der Waals surface area contributed by atoms with Gasteiger partial charge in [-0.25, -0.2) is 0 Å². The van der Waals surface area contributed by atoms with Crippen LogP contribution in [0.5, 0.6) is 0 Å². The third kappa shape index (κ3) is 3.15. The Morgan fingerprint density at radius 1 is 1.06 bits per heavy atom. The minimum absolute atomic E-state index is 0.124. The van der Waals surface area contributed by atoms with Crippen molar-refractivity contribution < 1.29 is 19.1 Å². The second kappa shape index (κ2) is 7.82. The first kappa shape index (κ1) is 20.6. The number of halogens is 1. The summed E-state index contributed by atoms with van der Waals surface area (Å²) in [5.41, 5.74) is 2.23. The van der Waals surface area contributed by atoms with E-state index >= 15 is 0 Å². The molecule has 0 N–H and O–H groups in total. The van der Waals surface area contributed by atoms with Crippen LogP contribution in [-0.2, 0) is 14.3 Å². The molecule has 0 saturated carbocycles. The predicted octanol–water partition coefficient (Wildman–Crippen LogP) is 3.59. The van der Waals surface area contributed by atoms with Crippen molar-refractivity contribution >= 4 is 41.0 Å². The molecule has 3 fully saturated rings. The fourth-order valence-corrected chi connectivity index (χ4v) is 6.03. The summed E-state index contributed by atoms with van der Waals surface area (Å²) in [5, 5.41) is 0.595. The lowest BCUT2D eigenvalue weighted by molar-refractivity contribution is -0.142. The van der Waals surface area contributed by atoms with Crippen molar-refractivity contribution in [3.63, 3.8) is 0 Å². The van der Waals surface area contributed by atoms with E-state index in [-0.39, 0.29) is 36.3 Å². The summed E-state index contributed by atoms with van der Waals surface area (Å²) in [6, 6.07) is 13.4. The highest BCUT2D eigenvalue weighted by Crippen LogP contribution is 2.49.